The number of benzene rings is 1. The second-order valence-corrected chi connectivity index (χ2v) is 14.3. The first-order chi connectivity index (χ1) is 20.8. The summed E-state index contributed by atoms with van der Waals surface area (Å²) in [6, 6.07) is 1.39. The maximum absolute atomic E-state index is 13.3. The summed E-state index contributed by atoms with van der Waals surface area (Å²) in [6.07, 6.45) is 1.37. The number of carbonyl (C=O) groups is 4. The van der Waals surface area contributed by atoms with Gasteiger partial charge in [0.05, 0.1) is 11.5 Å². The van der Waals surface area contributed by atoms with E-state index in [9.17, 15) is 32.7 Å². The Morgan fingerprint density at radius 2 is 1.59 bits per heavy atom. The monoisotopic (exact) mass is 675 g/mol. The van der Waals surface area contributed by atoms with Gasteiger partial charge >= 0.3 is 12.1 Å². The largest absolute Gasteiger partial charge is 0.480 e. The van der Waals surface area contributed by atoms with Crippen LogP contribution in [0.5, 0.6) is 0 Å². The normalized spacial score (nSPS) is 21.2. The van der Waals surface area contributed by atoms with Gasteiger partial charge in [-0.3, -0.25) is 9.59 Å². The molecule has 2 atom stereocenters. The molecule has 1 unspecified atom stereocenters. The topological polar surface area (TPSA) is 157 Å². The molecule has 244 valence electrons. The third-order valence-corrected chi connectivity index (χ3v) is 10.7. The van der Waals surface area contributed by atoms with Gasteiger partial charge in [-0.1, -0.05) is 23.2 Å². The molecule has 0 bridgehead atoms. The lowest BCUT2D eigenvalue weighted by atomic mass is 9.97. The molecule has 3 fully saturated rings. The Morgan fingerprint density at radius 3 is 2.20 bits per heavy atom. The summed E-state index contributed by atoms with van der Waals surface area (Å²) in [7, 11) is -2.12. The minimum Gasteiger partial charge on any atom is -0.480 e. The number of ether oxygens (including phenoxy) is 1. The Kier molecular flexibility index (Phi) is 11.7. The van der Waals surface area contributed by atoms with Gasteiger partial charge in [0, 0.05) is 62.3 Å². The number of piperazine rings is 1. The standard InChI is InChI=1S/C28H39Cl2N5O8S/c1-32-11-13-34(14-12-32)28(40)43-18-19-6-9-33(10-7-19)25(36)5-4-23(27(38)39)31-26(37)24-3-2-8-35(24)44(41,42)22-16-20(29)15-21(30)17-22/h15-17,19,23-24H,2-14,18H2,1H3,(H,31,37)(H,38,39)/t23?,24-/m0/s1. The number of aliphatic carboxylic acids is 1. The molecule has 3 saturated heterocycles. The minimum absolute atomic E-state index is 0.0752. The number of hydrogen-bond acceptors (Lipinski definition) is 8. The van der Waals surface area contributed by atoms with E-state index in [1.165, 1.54) is 18.2 Å². The fourth-order valence-electron chi connectivity index (χ4n) is 5.67. The smallest absolute Gasteiger partial charge is 0.409 e. The van der Waals surface area contributed by atoms with Crippen molar-refractivity contribution in [2.24, 2.45) is 5.92 Å². The van der Waals surface area contributed by atoms with E-state index in [2.05, 4.69) is 10.2 Å². The molecule has 1 aromatic rings. The first-order valence-corrected chi connectivity index (χ1v) is 16.9. The highest BCUT2D eigenvalue weighted by Gasteiger charge is 2.41. The van der Waals surface area contributed by atoms with Crippen molar-refractivity contribution in [1.82, 2.24) is 24.3 Å². The third-order valence-electron chi connectivity index (χ3n) is 8.38. The average molecular weight is 677 g/mol. The lowest BCUT2D eigenvalue weighted by Gasteiger charge is -2.34. The zero-order chi connectivity index (χ0) is 32.0. The molecule has 0 aliphatic carbocycles. The molecule has 0 aromatic heterocycles. The van der Waals surface area contributed by atoms with Gasteiger partial charge in [0.25, 0.3) is 0 Å². The molecule has 3 aliphatic heterocycles. The molecule has 0 saturated carbocycles. The average Bonchev–Trinajstić information content (AvgIpc) is 3.49. The zero-order valence-electron chi connectivity index (χ0n) is 24.6. The first kappa shape index (κ1) is 34.2. The van der Waals surface area contributed by atoms with Crippen LogP contribution in [0.15, 0.2) is 23.1 Å². The number of amides is 3. The van der Waals surface area contributed by atoms with Crippen LogP contribution < -0.4 is 5.32 Å². The number of nitrogens with one attached hydrogen (secondary N) is 1. The van der Waals surface area contributed by atoms with Gasteiger partial charge in [-0.25, -0.2) is 18.0 Å². The summed E-state index contributed by atoms with van der Waals surface area (Å²) in [4.78, 5) is 55.7. The van der Waals surface area contributed by atoms with E-state index in [1.807, 2.05) is 7.05 Å². The maximum Gasteiger partial charge on any atom is 0.409 e. The van der Waals surface area contributed by atoms with Crippen LogP contribution in [0.2, 0.25) is 10.0 Å². The van der Waals surface area contributed by atoms with Gasteiger partial charge in [-0.05, 0) is 63.3 Å². The minimum atomic E-state index is -4.13. The number of likely N-dealkylation sites (N-methyl/N-ethyl adjacent to an activating group) is 1. The predicted octanol–water partition coefficient (Wildman–Crippen LogP) is 2.12. The van der Waals surface area contributed by atoms with Crippen molar-refractivity contribution in [3.63, 3.8) is 0 Å². The fourth-order valence-corrected chi connectivity index (χ4v) is 8.06. The van der Waals surface area contributed by atoms with Gasteiger partial charge in [0.15, 0.2) is 0 Å². The molecule has 0 spiro atoms. The number of carboxylic acids is 1. The van der Waals surface area contributed by atoms with Crippen LogP contribution in [0.25, 0.3) is 0 Å². The molecule has 4 rings (SSSR count). The van der Waals surface area contributed by atoms with Crippen LogP contribution in [0, 0.1) is 5.92 Å². The Balaban J connectivity index is 1.24. The number of nitrogens with zero attached hydrogens (tertiary/aromatic N) is 4. The molecule has 3 aliphatic rings. The summed E-state index contributed by atoms with van der Waals surface area (Å²) in [5.74, 6) is -2.16. The molecule has 3 heterocycles. The Hall–Kier alpha value is -2.65. The molecule has 13 nitrogen and oxygen atoms in total. The lowest BCUT2D eigenvalue weighted by Crippen LogP contribution is -2.51. The Labute approximate surface area is 267 Å². The summed E-state index contributed by atoms with van der Waals surface area (Å²) in [5.41, 5.74) is 0. The van der Waals surface area contributed by atoms with E-state index in [0.717, 1.165) is 17.4 Å². The highest BCUT2D eigenvalue weighted by atomic mass is 35.5. The molecule has 3 amide bonds. The predicted molar refractivity (Wildman–Crippen MR) is 162 cm³/mol. The van der Waals surface area contributed by atoms with Crippen LogP contribution in [0.1, 0.15) is 38.5 Å². The number of likely N-dealkylation sites (tertiary alicyclic amines) is 1. The number of hydrogen-bond donors (Lipinski definition) is 2. The van der Waals surface area contributed by atoms with E-state index < -0.39 is 34.0 Å². The van der Waals surface area contributed by atoms with Crippen LogP contribution >= 0.6 is 23.2 Å². The van der Waals surface area contributed by atoms with E-state index >= 15 is 0 Å². The number of halogens is 2. The summed E-state index contributed by atoms with van der Waals surface area (Å²) in [5, 5.41) is 12.4. The van der Waals surface area contributed by atoms with Gasteiger partial charge in [0.1, 0.15) is 12.1 Å². The molecule has 1 aromatic carbocycles. The number of sulfonamides is 1. The van der Waals surface area contributed by atoms with Crippen LogP contribution in [0.4, 0.5) is 4.79 Å². The van der Waals surface area contributed by atoms with Crippen molar-refractivity contribution in [2.75, 3.05) is 59.5 Å². The van der Waals surface area contributed by atoms with Crippen molar-refractivity contribution in [2.45, 2.75) is 55.5 Å². The number of carbonyl (C=O) groups excluding carboxylic acids is 3. The molecule has 0 radical (unpaired) electrons. The van der Waals surface area contributed by atoms with Crippen molar-refractivity contribution < 1.29 is 37.4 Å². The highest BCUT2D eigenvalue weighted by Crippen LogP contribution is 2.30. The SMILES string of the molecule is CN1CCN(C(=O)OCC2CCN(C(=O)CCC(NC(=O)[C@@H]3CCCN3S(=O)(=O)c3cc(Cl)cc(Cl)c3)C(=O)O)CC2)CC1. The summed E-state index contributed by atoms with van der Waals surface area (Å²) in [6.45, 7) is 4.17. The van der Waals surface area contributed by atoms with E-state index in [4.69, 9.17) is 27.9 Å². The molecular formula is C28H39Cl2N5O8S. The van der Waals surface area contributed by atoms with Crippen LogP contribution in [0.3, 0.4) is 0 Å². The number of rotatable bonds is 10. The van der Waals surface area contributed by atoms with Crippen LogP contribution in [-0.4, -0.2) is 128 Å². The van der Waals surface area contributed by atoms with Gasteiger partial charge in [-0.2, -0.15) is 4.31 Å². The van der Waals surface area contributed by atoms with Gasteiger partial charge in [-0.15, -0.1) is 0 Å². The second-order valence-electron chi connectivity index (χ2n) is 11.5. The van der Waals surface area contributed by atoms with Crippen molar-refractivity contribution >= 4 is 57.1 Å². The van der Waals surface area contributed by atoms with E-state index in [1.54, 1.807) is 9.80 Å². The molecule has 2 N–H and O–H groups in total. The molecule has 44 heavy (non-hydrogen) atoms. The van der Waals surface area contributed by atoms with Crippen LogP contribution in [-0.2, 0) is 29.1 Å². The van der Waals surface area contributed by atoms with E-state index in [0.29, 0.717) is 52.0 Å². The van der Waals surface area contributed by atoms with Crippen molar-refractivity contribution in [3.8, 4) is 0 Å². The molecular weight excluding hydrogens is 637 g/mol. The van der Waals surface area contributed by atoms with Crippen molar-refractivity contribution in [3.05, 3.63) is 28.2 Å². The highest BCUT2D eigenvalue weighted by molar-refractivity contribution is 7.89. The number of carboxylic acid groups (broad SMARTS) is 1. The van der Waals surface area contributed by atoms with Gasteiger partial charge in [0.2, 0.25) is 21.8 Å². The Morgan fingerprint density at radius 1 is 0.955 bits per heavy atom. The first-order valence-electron chi connectivity index (χ1n) is 14.7. The second kappa shape index (κ2) is 15.1. The quantitative estimate of drug-likeness (QED) is 0.379. The number of piperidine rings is 1. The third kappa shape index (κ3) is 8.75. The summed E-state index contributed by atoms with van der Waals surface area (Å²) >= 11 is 12.0. The van der Waals surface area contributed by atoms with Gasteiger partial charge < -0.3 is 29.9 Å². The molecule has 16 heteroatoms. The lowest BCUT2D eigenvalue weighted by molar-refractivity contribution is -0.143. The van der Waals surface area contributed by atoms with E-state index in [-0.39, 0.29) is 58.7 Å². The Bertz CT molecular complexity index is 1310. The maximum atomic E-state index is 13.3. The van der Waals surface area contributed by atoms with Crippen molar-refractivity contribution in [1.29, 1.82) is 0 Å². The fraction of sp³-hybridized carbons (Fsp3) is 0.643. The summed E-state index contributed by atoms with van der Waals surface area (Å²) < 4.78 is 33.1. The zero-order valence-corrected chi connectivity index (χ0v) is 26.9.